The molecule has 0 bridgehead atoms. The molecule has 13 nitrogen and oxygen atoms in total. The highest BCUT2D eigenvalue weighted by Gasteiger charge is 2.36. The standard InChI is InChI=1S/C27H32FN5O8/c1-14(40-16(3)34)26(35)30-11-18-12-39-25(13-38-18)24-9-21(33-41-24)20-8-22(32-15(2)31-20)27(36)29-10-17-5-6-19(28)23(7-17)37-4/h5-8,14,18,24-25H,9-13H2,1-4H3,(H,29,36)(H,30,35)/t14?,18-,24?,25?/m1/s1. The van der Waals surface area contributed by atoms with Crippen molar-refractivity contribution in [1.29, 1.82) is 0 Å². The second kappa shape index (κ2) is 13.5. The van der Waals surface area contributed by atoms with Crippen molar-refractivity contribution in [2.45, 2.75) is 58.2 Å². The molecule has 1 aromatic heterocycles. The first-order valence-corrected chi connectivity index (χ1v) is 13.0. The first-order chi connectivity index (χ1) is 19.6. The van der Waals surface area contributed by atoms with Crippen molar-refractivity contribution in [3.63, 3.8) is 0 Å². The summed E-state index contributed by atoms with van der Waals surface area (Å²) in [5.41, 5.74) is 1.80. The van der Waals surface area contributed by atoms with Gasteiger partial charge in [-0.3, -0.25) is 14.4 Å². The molecule has 0 saturated carbocycles. The Labute approximate surface area is 235 Å². The maximum atomic E-state index is 13.7. The average molecular weight is 574 g/mol. The molecule has 0 radical (unpaired) electrons. The van der Waals surface area contributed by atoms with Gasteiger partial charge in [-0.05, 0) is 37.6 Å². The van der Waals surface area contributed by atoms with Gasteiger partial charge in [0.05, 0.1) is 32.1 Å². The molecule has 1 saturated heterocycles. The van der Waals surface area contributed by atoms with Crippen molar-refractivity contribution in [3.8, 4) is 5.75 Å². The Morgan fingerprint density at radius 3 is 2.63 bits per heavy atom. The van der Waals surface area contributed by atoms with Crippen molar-refractivity contribution >= 4 is 23.5 Å². The topological polar surface area (TPSA) is 160 Å². The molecule has 4 rings (SSSR count). The number of benzene rings is 1. The summed E-state index contributed by atoms with van der Waals surface area (Å²) < 4.78 is 35.2. The SMILES string of the molecule is COc1cc(CNC(=O)c2cc(C3=NOC(C4CO[C@H](CNC(=O)C(C)OC(C)=O)CO4)C3)nc(C)n2)ccc1F. The third kappa shape index (κ3) is 7.95. The van der Waals surface area contributed by atoms with Gasteiger partial charge in [0, 0.05) is 26.4 Å². The Bertz CT molecular complexity index is 1310. The van der Waals surface area contributed by atoms with Crippen LogP contribution in [0.1, 0.15) is 47.8 Å². The predicted octanol–water partition coefficient (Wildman–Crippen LogP) is 1.21. The maximum Gasteiger partial charge on any atom is 0.303 e. The van der Waals surface area contributed by atoms with Crippen LogP contribution in [0.25, 0.3) is 0 Å². The van der Waals surface area contributed by atoms with E-state index < -0.39 is 41.9 Å². The zero-order valence-electron chi connectivity index (χ0n) is 23.1. The molecule has 220 valence electrons. The van der Waals surface area contributed by atoms with Crippen LogP contribution in [0.3, 0.4) is 0 Å². The van der Waals surface area contributed by atoms with E-state index in [1.807, 2.05) is 0 Å². The molecule has 41 heavy (non-hydrogen) atoms. The number of nitrogens with one attached hydrogen (secondary N) is 2. The maximum absolute atomic E-state index is 13.7. The molecule has 2 amide bonds. The minimum Gasteiger partial charge on any atom is -0.494 e. The molecule has 2 aliphatic rings. The Morgan fingerprint density at radius 1 is 1.12 bits per heavy atom. The fourth-order valence-corrected chi connectivity index (χ4v) is 4.22. The number of rotatable bonds is 10. The minimum absolute atomic E-state index is 0.0891. The fraction of sp³-hybridized carbons (Fsp3) is 0.481. The number of oxime groups is 1. The number of hydrogen-bond acceptors (Lipinski definition) is 11. The number of amides is 2. The van der Waals surface area contributed by atoms with Gasteiger partial charge in [-0.1, -0.05) is 11.2 Å². The Balaban J connectivity index is 1.27. The summed E-state index contributed by atoms with van der Waals surface area (Å²) in [5.74, 6) is -1.41. The zero-order chi connectivity index (χ0) is 29.5. The smallest absolute Gasteiger partial charge is 0.303 e. The van der Waals surface area contributed by atoms with Gasteiger partial charge in [0.2, 0.25) is 0 Å². The number of aromatic nitrogens is 2. The third-order valence-electron chi connectivity index (χ3n) is 6.35. The Hall–Kier alpha value is -4.17. The Morgan fingerprint density at radius 2 is 1.93 bits per heavy atom. The number of esters is 1. The van der Waals surface area contributed by atoms with Crippen molar-refractivity contribution in [2.75, 3.05) is 26.9 Å². The third-order valence-corrected chi connectivity index (χ3v) is 6.35. The summed E-state index contributed by atoms with van der Waals surface area (Å²) in [5, 5.41) is 9.60. The van der Waals surface area contributed by atoms with E-state index in [0.29, 0.717) is 29.2 Å². The number of carbonyl (C=O) groups excluding carboxylic acids is 3. The molecule has 3 heterocycles. The van der Waals surface area contributed by atoms with E-state index in [9.17, 15) is 18.8 Å². The van der Waals surface area contributed by atoms with Crippen LogP contribution in [0.15, 0.2) is 29.4 Å². The summed E-state index contributed by atoms with van der Waals surface area (Å²) in [7, 11) is 1.37. The fourth-order valence-electron chi connectivity index (χ4n) is 4.22. The highest BCUT2D eigenvalue weighted by atomic mass is 19.1. The van der Waals surface area contributed by atoms with Gasteiger partial charge < -0.3 is 34.4 Å². The highest BCUT2D eigenvalue weighted by molar-refractivity contribution is 6.02. The van der Waals surface area contributed by atoms with Crippen LogP contribution in [0.5, 0.6) is 5.75 Å². The number of ether oxygens (including phenoxy) is 4. The quantitative estimate of drug-likeness (QED) is 0.396. The van der Waals surface area contributed by atoms with Crippen LogP contribution in [-0.4, -0.2) is 84.7 Å². The van der Waals surface area contributed by atoms with Crippen LogP contribution in [0.2, 0.25) is 0 Å². The summed E-state index contributed by atoms with van der Waals surface area (Å²) in [6, 6.07) is 5.88. The molecule has 3 unspecified atom stereocenters. The molecule has 4 atom stereocenters. The van der Waals surface area contributed by atoms with E-state index in [1.54, 1.807) is 13.0 Å². The number of methoxy groups -OCH3 is 1. The molecule has 2 N–H and O–H groups in total. The molecule has 2 aromatic rings. The average Bonchev–Trinajstić information content (AvgIpc) is 3.45. The van der Waals surface area contributed by atoms with Crippen LogP contribution < -0.4 is 15.4 Å². The summed E-state index contributed by atoms with van der Waals surface area (Å²) in [6.45, 7) is 5.18. The largest absolute Gasteiger partial charge is 0.494 e. The van der Waals surface area contributed by atoms with Gasteiger partial charge in [-0.25, -0.2) is 14.4 Å². The van der Waals surface area contributed by atoms with Crippen LogP contribution >= 0.6 is 0 Å². The van der Waals surface area contributed by atoms with Gasteiger partial charge >= 0.3 is 5.97 Å². The van der Waals surface area contributed by atoms with Crippen LogP contribution in [0, 0.1) is 12.7 Å². The van der Waals surface area contributed by atoms with Gasteiger partial charge in [-0.15, -0.1) is 0 Å². The summed E-state index contributed by atoms with van der Waals surface area (Å²) in [4.78, 5) is 50.1. The second-order valence-corrected chi connectivity index (χ2v) is 9.55. The second-order valence-electron chi connectivity index (χ2n) is 9.55. The molecule has 0 aliphatic carbocycles. The molecule has 1 aromatic carbocycles. The van der Waals surface area contributed by atoms with E-state index in [0.717, 1.165) is 0 Å². The molecular formula is C27H32FN5O8. The summed E-state index contributed by atoms with van der Waals surface area (Å²) >= 11 is 0. The number of aryl methyl sites for hydroxylation is 1. The molecule has 1 fully saturated rings. The summed E-state index contributed by atoms with van der Waals surface area (Å²) in [6.07, 6.45) is -1.72. The van der Waals surface area contributed by atoms with Crippen molar-refractivity contribution in [3.05, 3.63) is 52.9 Å². The normalized spacial score (nSPS) is 20.8. The number of halogens is 1. The molecule has 14 heteroatoms. The highest BCUT2D eigenvalue weighted by Crippen LogP contribution is 2.23. The molecule has 0 spiro atoms. The first-order valence-electron chi connectivity index (χ1n) is 13.0. The predicted molar refractivity (Wildman–Crippen MR) is 141 cm³/mol. The van der Waals surface area contributed by atoms with E-state index >= 15 is 0 Å². The lowest BCUT2D eigenvalue weighted by atomic mass is 10.0. The van der Waals surface area contributed by atoms with Crippen molar-refractivity contribution in [2.24, 2.45) is 5.16 Å². The molecule has 2 aliphatic heterocycles. The minimum atomic E-state index is -0.900. The van der Waals surface area contributed by atoms with E-state index in [4.69, 9.17) is 23.8 Å². The first kappa shape index (κ1) is 29.8. The number of hydrogen-bond donors (Lipinski definition) is 2. The van der Waals surface area contributed by atoms with Crippen molar-refractivity contribution in [1.82, 2.24) is 20.6 Å². The van der Waals surface area contributed by atoms with Crippen molar-refractivity contribution < 1.29 is 42.6 Å². The van der Waals surface area contributed by atoms with Gasteiger partial charge in [0.25, 0.3) is 11.8 Å². The monoisotopic (exact) mass is 573 g/mol. The zero-order valence-corrected chi connectivity index (χ0v) is 23.1. The lowest BCUT2D eigenvalue weighted by Gasteiger charge is -2.31. The van der Waals surface area contributed by atoms with Gasteiger partial charge in [-0.2, -0.15) is 0 Å². The molecular weight excluding hydrogens is 541 g/mol. The lowest BCUT2D eigenvalue weighted by molar-refractivity contribution is -0.171. The van der Waals surface area contributed by atoms with Gasteiger partial charge in [0.1, 0.15) is 23.3 Å². The number of carbonyl (C=O) groups is 3. The van der Waals surface area contributed by atoms with Crippen LogP contribution in [-0.2, 0) is 35.2 Å². The van der Waals surface area contributed by atoms with Gasteiger partial charge in [0.15, 0.2) is 23.8 Å². The van der Waals surface area contributed by atoms with E-state index in [2.05, 4.69) is 25.8 Å². The van der Waals surface area contributed by atoms with E-state index in [1.165, 1.54) is 39.2 Å². The Kier molecular flexibility index (Phi) is 9.78. The van der Waals surface area contributed by atoms with E-state index in [-0.39, 0.29) is 43.9 Å². The van der Waals surface area contributed by atoms with Crippen LogP contribution in [0.4, 0.5) is 4.39 Å². The lowest BCUT2D eigenvalue weighted by Crippen LogP contribution is -2.48. The number of nitrogens with zero attached hydrogens (tertiary/aromatic N) is 3.